The maximum absolute atomic E-state index is 14.0. The molecule has 8 nitrogen and oxygen atoms in total. The molecule has 1 unspecified atom stereocenters. The minimum Gasteiger partial charge on any atom is -0.476 e. The second-order valence-electron chi connectivity index (χ2n) is 6.01. The molecule has 4 N–H and O–H groups in total. The summed E-state index contributed by atoms with van der Waals surface area (Å²) >= 11 is 0.792. The van der Waals surface area contributed by atoms with E-state index in [-0.39, 0.29) is 39.4 Å². The average molecular weight is 421 g/mol. The summed E-state index contributed by atoms with van der Waals surface area (Å²) in [6.07, 6.45) is 2.38. The highest BCUT2D eigenvalue weighted by atomic mass is 32.1. The van der Waals surface area contributed by atoms with Crippen LogP contribution in [-0.4, -0.2) is 38.7 Å². The van der Waals surface area contributed by atoms with Gasteiger partial charge in [-0.15, -0.1) is 0 Å². The van der Waals surface area contributed by atoms with E-state index in [9.17, 15) is 18.7 Å². The van der Waals surface area contributed by atoms with Crippen molar-refractivity contribution in [2.24, 2.45) is 0 Å². The van der Waals surface area contributed by atoms with E-state index in [4.69, 9.17) is 10.5 Å². The fourth-order valence-electron chi connectivity index (χ4n) is 2.33. The molecule has 0 saturated heterocycles. The van der Waals surface area contributed by atoms with Crippen LogP contribution in [0.4, 0.5) is 19.5 Å². The number of hydrogen-bond donors (Lipinski definition) is 3. The van der Waals surface area contributed by atoms with Crippen LogP contribution in [0.15, 0.2) is 30.7 Å². The summed E-state index contributed by atoms with van der Waals surface area (Å²) in [4.78, 5) is 24.4. The van der Waals surface area contributed by atoms with Crippen molar-refractivity contribution in [1.29, 1.82) is 0 Å². The van der Waals surface area contributed by atoms with Crippen molar-refractivity contribution in [3.63, 3.8) is 0 Å². The average Bonchev–Trinajstić information content (AvgIpc) is 3.04. The molecule has 0 aliphatic carbocycles. The molecular weight excluding hydrogens is 404 g/mol. The van der Waals surface area contributed by atoms with Crippen molar-refractivity contribution in [2.75, 3.05) is 17.7 Å². The highest BCUT2D eigenvalue weighted by Gasteiger charge is 2.22. The molecular formula is C18H17F2N5O3S. The lowest BCUT2D eigenvalue weighted by Gasteiger charge is -2.11. The van der Waals surface area contributed by atoms with Crippen molar-refractivity contribution < 1.29 is 23.4 Å². The van der Waals surface area contributed by atoms with Crippen LogP contribution >= 0.6 is 11.3 Å². The number of rotatable bonds is 7. The van der Waals surface area contributed by atoms with E-state index in [0.29, 0.717) is 6.42 Å². The van der Waals surface area contributed by atoms with Gasteiger partial charge in [0.25, 0.3) is 5.91 Å². The predicted molar refractivity (Wildman–Crippen MR) is 104 cm³/mol. The maximum Gasteiger partial charge on any atom is 0.277 e. The largest absolute Gasteiger partial charge is 0.476 e. The van der Waals surface area contributed by atoms with Crippen LogP contribution in [0.2, 0.25) is 0 Å². The molecule has 0 bridgehead atoms. The van der Waals surface area contributed by atoms with Gasteiger partial charge in [-0.1, -0.05) is 17.4 Å². The van der Waals surface area contributed by atoms with Crippen molar-refractivity contribution in [2.45, 2.75) is 19.4 Å². The number of aromatic nitrogens is 3. The Morgan fingerprint density at radius 2 is 2.10 bits per heavy atom. The van der Waals surface area contributed by atoms with E-state index in [2.05, 4.69) is 20.3 Å². The number of hydrogen-bond acceptors (Lipinski definition) is 8. The molecule has 0 aliphatic rings. The Morgan fingerprint density at radius 3 is 2.79 bits per heavy atom. The van der Waals surface area contributed by atoms with Gasteiger partial charge in [0.1, 0.15) is 33.7 Å². The van der Waals surface area contributed by atoms with Crippen molar-refractivity contribution in [1.82, 2.24) is 15.0 Å². The number of nitrogens with zero attached hydrogens (tertiary/aromatic N) is 3. The molecule has 2 aromatic heterocycles. The topological polar surface area (TPSA) is 123 Å². The number of nitrogens with one attached hydrogen (secondary N) is 1. The predicted octanol–water partition coefficient (Wildman–Crippen LogP) is 2.86. The van der Waals surface area contributed by atoms with Crippen molar-refractivity contribution in [3.8, 4) is 16.5 Å². The van der Waals surface area contributed by atoms with Gasteiger partial charge in [-0.05, 0) is 19.1 Å². The highest BCUT2D eigenvalue weighted by Crippen LogP contribution is 2.34. The summed E-state index contributed by atoms with van der Waals surface area (Å²) in [5.41, 5.74) is 5.46. The summed E-state index contributed by atoms with van der Waals surface area (Å²) < 4.78 is 33.4. The third-order valence-electron chi connectivity index (χ3n) is 3.74. The van der Waals surface area contributed by atoms with Gasteiger partial charge < -0.3 is 20.9 Å². The molecule has 1 atom stereocenters. The zero-order valence-corrected chi connectivity index (χ0v) is 16.0. The molecule has 11 heteroatoms. The zero-order valence-electron chi connectivity index (χ0n) is 15.2. The molecule has 3 rings (SSSR count). The molecule has 0 radical (unpaired) electrons. The standard InChI is InChI=1S/C18H17F2N5O3S/c1-9(26)5-6-28-17-12(7-22-8-23-17)24-16(27)14-15(21)29-18(25-14)13-10(19)3-2-4-11(13)20/h2-4,7-9,26H,5-6,21H2,1H3,(H,24,27). The highest BCUT2D eigenvalue weighted by molar-refractivity contribution is 7.19. The van der Waals surface area contributed by atoms with Crippen LogP contribution in [-0.2, 0) is 0 Å². The number of halogens is 2. The number of thiazole rings is 1. The number of benzene rings is 1. The summed E-state index contributed by atoms with van der Waals surface area (Å²) in [6.45, 7) is 1.79. The normalized spacial score (nSPS) is 11.9. The molecule has 1 amide bonds. The SMILES string of the molecule is CC(O)CCOc1ncncc1NC(=O)c1nc(-c2c(F)cccc2F)sc1N. The number of ether oxygens (including phenoxy) is 1. The van der Waals surface area contributed by atoms with E-state index < -0.39 is 23.6 Å². The molecule has 152 valence electrons. The van der Waals surface area contributed by atoms with Gasteiger partial charge in [-0.25, -0.2) is 18.7 Å². The summed E-state index contributed by atoms with van der Waals surface area (Å²) in [5, 5.41) is 11.8. The Hall–Kier alpha value is -3.18. The molecule has 2 heterocycles. The summed E-state index contributed by atoms with van der Waals surface area (Å²) in [6, 6.07) is 3.41. The molecule has 29 heavy (non-hydrogen) atoms. The quantitative estimate of drug-likeness (QED) is 0.536. The third kappa shape index (κ3) is 4.81. The monoisotopic (exact) mass is 421 g/mol. The van der Waals surface area contributed by atoms with E-state index in [1.807, 2.05) is 0 Å². The first kappa shape index (κ1) is 20.6. The van der Waals surface area contributed by atoms with Gasteiger partial charge in [0.2, 0.25) is 5.88 Å². The Labute approximate surface area is 168 Å². The first-order valence-corrected chi connectivity index (χ1v) is 9.31. The second kappa shape index (κ2) is 8.88. The summed E-state index contributed by atoms with van der Waals surface area (Å²) in [5.74, 6) is -2.23. The van der Waals surface area contributed by atoms with Gasteiger partial charge in [0.05, 0.1) is 24.5 Å². The maximum atomic E-state index is 14.0. The zero-order chi connectivity index (χ0) is 21.0. The van der Waals surface area contributed by atoms with Crippen LogP contribution in [0.1, 0.15) is 23.8 Å². The van der Waals surface area contributed by atoms with Crippen molar-refractivity contribution >= 4 is 27.9 Å². The minimum atomic E-state index is -0.809. The van der Waals surface area contributed by atoms with Crippen LogP contribution in [0.25, 0.3) is 10.6 Å². The van der Waals surface area contributed by atoms with Crippen LogP contribution in [0.5, 0.6) is 5.88 Å². The fourth-order valence-corrected chi connectivity index (χ4v) is 3.21. The van der Waals surface area contributed by atoms with Gasteiger partial charge >= 0.3 is 0 Å². The molecule has 1 aromatic carbocycles. The second-order valence-corrected chi connectivity index (χ2v) is 7.04. The number of aliphatic hydroxyl groups excluding tert-OH is 1. The van der Waals surface area contributed by atoms with Gasteiger partial charge in [-0.3, -0.25) is 4.79 Å². The van der Waals surface area contributed by atoms with Crippen LogP contribution in [0.3, 0.4) is 0 Å². The number of amides is 1. The number of nitrogen functional groups attached to an aromatic ring is 1. The minimum absolute atomic E-state index is 0.00595. The fraction of sp³-hybridized carbons (Fsp3) is 0.222. The smallest absolute Gasteiger partial charge is 0.277 e. The Bertz CT molecular complexity index is 1010. The van der Waals surface area contributed by atoms with Gasteiger partial charge in [-0.2, -0.15) is 4.98 Å². The van der Waals surface area contributed by atoms with Gasteiger partial charge in [0, 0.05) is 6.42 Å². The lowest BCUT2D eigenvalue weighted by atomic mass is 10.2. The lowest BCUT2D eigenvalue weighted by molar-refractivity contribution is 0.102. The molecule has 3 aromatic rings. The lowest BCUT2D eigenvalue weighted by Crippen LogP contribution is -2.16. The van der Waals surface area contributed by atoms with E-state index in [1.165, 1.54) is 18.6 Å². The Morgan fingerprint density at radius 1 is 1.38 bits per heavy atom. The van der Waals surface area contributed by atoms with Gasteiger partial charge in [0.15, 0.2) is 5.69 Å². The molecule has 0 aliphatic heterocycles. The molecule has 0 spiro atoms. The number of carbonyl (C=O) groups excluding carboxylic acids is 1. The number of carbonyl (C=O) groups is 1. The first-order valence-electron chi connectivity index (χ1n) is 8.49. The van der Waals surface area contributed by atoms with Crippen LogP contribution in [0, 0.1) is 11.6 Å². The molecule has 0 saturated carbocycles. The third-order valence-corrected chi connectivity index (χ3v) is 4.65. The van der Waals surface area contributed by atoms with E-state index >= 15 is 0 Å². The Kier molecular flexibility index (Phi) is 6.29. The van der Waals surface area contributed by atoms with E-state index in [1.54, 1.807) is 6.92 Å². The Balaban J connectivity index is 1.82. The van der Waals surface area contributed by atoms with Crippen molar-refractivity contribution in [3.05, 3.63) is 48.1 Å². The van der Waals surface area contributed by atoms with Crippen LogP contribution < -0.4 is 15.8 Å². The number of anilines is 2. The molecule has 0 fully saturated rings. The number of nitrogens with two attached hydrogens (primary N) is 1. The first-order chi connectivity index (χ1) is 13.9. The number of aliphatic hydroxyl groups is 1. The summed E-state index contributed by atoms with van der Waals surface area (Å²) in [7, 11) is 0. The van der Waals surface area contributed by atoms with E-state index in [0.717, 1.165) is 23.5 Å².